The summed E-state index contributed by atoms with van der Waals surface area (Å²) in [5.41, 5.74) is 3.67. The average molecular weight is 293 g/mol. The summed E-state index contributed by atoms with van der Waals surface area (Å²) in [5.74, 6) is 0. The summed E-state index contributed by atoms with van der Waals surface area (Å²) in [7, 11) is 0. The van der Waals surface area contributed by atoms with E-state index in [9.17, 15) is 0 Å². The van der Waals surface area contributed by atoms with E-state index in [1.807, 2.05) is 18.5 Å². The van der Waals surface area contributed by atoms with E-state index in [0.717, 1.165) is 11.9 Å². The van der Waals surface area contributed by atoms with E-state index in [1.54, 1.807) is 6.33 Å². The van der Waals surface area contributed by atoms with Gasteiger partial charge in [0, 0.05) is 28.9 Å². The van der Waals surface area contributed by atoms with Gasteiger partial charge in [0.15, 0.2) is 0 Å². The van der Waals surface area contributed by atoms with Crippen LogP contribution in [0.25, 0.3) is 10.9 Å². The Morgan fingerprint density at radius 1 is 1.00 bits per heavy atom. The number of imidazole rings is 1. The largest absolute Gasteiger partial charge is 0.348 e. The van der Waals surface area contributed by atoms with Crippen LogP contribution >= 0.6 is 0 Å². The molecule has 0 saturated carbocycles. The molecule has 0 unspecified atom stereocenters. The van der Waals surface area contributed by atoms with Gasteiger partial charge in [0.2, 0.25) is 0 Å². The highest BCUT2D eigenvalue weighted by molar-refractivity contribution is 5.83. The lowest BCUT2D eigenvalue weighted by atomic mass is 9.69. The molecule has 0 atom stereocenters. The van der Waals surface area contributed by atoms with E-state index in [-0.39, 0.29) is 10.8 Å². The normalized spacial score (nSPS) is 12.7. The number of nitrogens with zero attached hydrogens (tertiary/aromatic N) is 2. The summed E-state index contributed by atoms with van der Waals surface area (Å²) in [6, 6.07) is 10.6. The zero-order valence-corrected chi connectivity index (χ0v) is 13.7. The molecule has 1 aromatic carbocycles. The first kappa shape index (κ1) is 14.8. The monoisotopic (exact) mass is 293 g/mol. The van der Waals surface area contributed by atoms with Crippen LogP contribution in [0.3, 0.4) is 0 Å². The third-order valence-corrected chi connectivity index (χ3v) is 4.49. The first-order chi connectivity index (χ1) is 10.4. The van der Waals surface area contributed by atoms with E-state index >= 15 is 0 Å². The lowest BCUT2D eigenvalue weighted by Crippen LogP contribution is -2.30. The quantitative estimate of drug-likeness (QED) is 0.763. The minimum atomic E-state index is 0.0321. The van der Waals surface area contributed by atoms with Gasteiger partial charge in [0.25, 0.3) is 0 Å². The molecule has 0 aliphatic heterocycles. The van der Waals surface area contributed by atoms with Crippen LogP contribution in [0.5, 0.6) is 0 Å². The molecule has 0 bridgehead atoms. The molecule has 114 valence electrons. The lowest BCUT2D eigenvalue weighted by Gasteiger charge is -2.35. The van der Waals surface area contributed by atoms with E-state index in [2.05, 4.69) is 66.9 Å². The Kier molecular flexibility index (Phi) is 3.51. The fraction of sp³-hybridized carbons (Fsp3) is 0.368. The molecule has 0 aliphatic rings. The van der Waals surface area contributed by atoms with Crippen molar-refractivity contribution >= 4 is 10.9 Å². The number of hydrogen-bond donors (Lipinski definition) is 1. The zero-order valence-electron chi connectivity index (χ0n) is 13.7. The fourth-order valence-electron chi connectivity index (χ4n) is 3.61. The minimum Gasteiger partial charge on any atom is -0.348 e. The van der Waals surface area contributed by atoms with Gasteiger partial charge in [0.1, 0.15) is 0 Å². The molecule has 0 aliphatic carbocycles. The molecule has 22 heavy (non-hydrogen) atoms. The number of H-pyrrole nitrogens is 1. The van der Waals surface area contributed by atoms with Crippen molar-refractivity contribution in [3.05, 3.63) is 60.3 Å². The van der Waals surface area contributed by atoms with Gasteiger partial charge in [-0.1, -0.05) is 45.9 Å². The molecule has 2 aromatic heterocycles. The molecule has 1 N–H and O–H groups in total. The smallest absolute Gasteiger partial charge is 0.0921 e. The van der Waals surface area contributed by atoms with Gasteiger partial charge < -0.3 is 4.98 Å². The second-order valence-corrected chi connectivity index (χ2v) is 7.29. The third kappa shape index (κ3) is 2.63. The second kappa shape index (κ2) is 5.24. The maximum absolute atomic E-state index is 4.49. The maximum atomic E-state index is 4.49. The van der Waals surface area contributed by atoms with Crippen LogP contribution in [0.2, 0.25) is 0 Å². The van der Waals surface area contributed by atoms with Gasteiger partial charge in [-0.3, -0.25) is 4.98 Å². The van der Waals surface area contributed by atoms with Crippen LogP contribution in [-0.4, -0.2) is 15.0 Å². The molecule has 0 saturated heterocycles. The summed E-state index contributed by atoms with van der Waals surface area (Å²) < 4.78 is 0. The number of aromatic nitrogens is 3. The van der Waals surface area contributed by atoms with Crippen LogP contribution in [0.15, 0.2) is 49.1 Å². The van der Waals surface area contributed by atoms with Crippen molar-refractivity contribution in [2.75, 3.05) is 0 Å². The lowest BCUT2D eigenvalue weighted by molar-refractivity contribution is 0.345. The number of pyridine rings is 1. The molecule has 3 rings (SSSR count). The number of aromatic amines is 1. The van der Waals surface area contributed by atoms with Crippen LogP contribution in [0, 0.1) is 0 Å². The first-order valence-corrected chi connectivity index (χ1v) is 7.73. The summed E-state index contributed by atoms with van der Waals surface area (Å²) in [6.45, 7) is 9.16. The van der Waals surface area contributed by atoms with Crippen molar-refractivity contribution in [1.82, 2.24) is 15.0 Å². The Morgan fingerprint density at radius 2 is 1.82 bits per heavy atom. The van der Waals surface area contributed by atoms with Crippen molar-refractivity contribution in [3.63, 3.8) is 0 Å². The Hall–Kier alpha value is -2.16. The van der Waals surface area contributed by atoms with E-state index in [0.29, 0.717) is 0 Å². The predicted octanol–water partition coefficient (Wildman–Crippen LogP) is 4.60. The van der Waals surface area contributed by atoms with Gasteiger partial charge in [-0.15, -0.1) is 0 Å². The van der Waals surface area contributed by atoms with E-state index in [1.165, 1.54) is 16.6 Å². The summed E-state index contributed by atoms with van der Waals surface area (Å²) >= 11 is 0. The van der Waals surface area contributed by atoms with Crippen LogP contribution in [0.4, 0.5) is 0 Å². The Morgan fingerprint density at radius 3 is 2.55 bits per heavy atom. The van der Waals surface area contributed by atoms with Crippen molar-refractivity contribution in [1.29, 1.82) is 0 Å². The minimum absolute atomic E-state index is 0.0321. The van der Waals surface area contributed by atoms with Crippen LogP contribution < -0.4 is 0 Å². The van der Waals surface area contributed by atoms with Crippen LogP contribution in [-0.2, 0) is 10.8 Å². The number of benzene rings is 1. The van der Waals surface area contributed by atoms with Crippen molar-refractivity contribution in [2.45, 2.75) is 44.9 Å². The number of fused-ring (bicyclic) bond motifs is 1. The second-order valence-electron chi connectivity index (χ2n) is 7.29. The van der Waals surface area contributed by atoms with Gasteiger partial charge >= 0.3 is 0 Å². The van der Waals surface area contributed by atoms with Gasteiger partial charge in [-0.05, 0) is 29.5 Å². The van der Waals surface area contributed by atoms with Gasteiger partial charge in [0.05, 0.1) is 11.8 Å². The van der Waals surface area contributed by atoms with Gasteiger partial charge in [-0.2, -0.15) is 0 Å². The molecular formula is C19H23N3. The molecule has 0 radical (unpaired) electrons. The number of nitrogens with one attached hydrogen (secondary N) is 1. The third-order valence-electron chi connectivity index (χ3n) is 4.49. The van der Waals surface area contributed by atoms with Crippen LogP contribution in [0.1, 0.15) is 45.4 Å². The number of rotatable bonds is 4. The van der Waals surface area contributed by atoms with E-state index < -0.39 is 0 Å². The Bertz CT molecular complexity index is 765. The standard InChI is InChI=1S/C19H23N3/c1-18(2,12-19(3,4)17-11-20-13-22-17)15-8-5-9-16-14(15)7-6-10-21-16/h5-11,13H,12H2,1-4H3,(H,20,22). The maximum Gasteiger partial charge on any atom is 0.0921 e. The highest BCUT2D eigenvalue weighted by Gasteiger charge is 2.33. The Balaban J connectivity index is 2.02. The van der Waals surface area contributed by atoms with Crippen molar-refractivity contribution < 1.29 is 0 Å². The SMILES string of the molecule is CC(C)(CC(C)(C)c1cccc2ncccc12)c1cnc[nH]1. The summed E-state index contributed by atoms with van der Waals surface area (Å²) in [5, 5.41) is 1.25. The fourth-order valence-corrected chi connectivity index (χ4v) is 3.61. The molecule has 0 fully saturated rings. The average Bonchev–Trinajstić information content (AvgIpc) is 3.00. The molecule has 2 heterocycles. The summed E-state index contributed by atoms with van der Waals surface area (Å²) in [6.07, 6.45) is 6.57. The molecular weight excluding hydrogens is 270 g/mol. The molecule has 3 heteroatoms. The topological polar surface area (TPSA) is 41.6 Å². The zero-order chi connectivity index (χ0) is 15.8. The highest BCUT2D eigenvalue weighted by atomic mass is 14.9. The molecule has 0 spiro atoms. The highest BCUT2D eigenvalue weighted by Crippen LogP contribution is 2.40. The Labute approximate surface area is 131 Å². The molecule has 3 nitrogen and oxygen atoms in total. The first-order valence-electron chi connectivity index (χ1n) is 7.73. The van der Waals surface area contributed by atoms with Crippen molar-refractivity contribution in [3.8, 4) is 0 Å². The molecule has 3 aromatic rings. The van der Waals surface area contributed by atoms with Gasteiger partial charge in [-0.25, -0.2) is 4.98 Å². The number of hydrogen-bond acceptors (Lipinski definition) is 2. The summed E-state index contributed by atoms with van der Waals surface area (Å²) in [4.78, 5) is 11.9. The van der Waals surface area contributed by atoms with Crippen molar-refractivity contribution in [2.24, 2.45) is 0 Å². The predicted molar refractivity (Wildman–Crippen MR) is 91.0 cm³/mol. The molecule has 0 amide bonds. The van der Waals surface area contributed by atoms with E-state index in [4.69, 9.17) is 0 Å².